The lowest BCUT2D eigenvalue weighted by Crippen LogP contribution is -2.16. The molecule has 0 fully saturated rings. The number of rotatable bonds is 4. The number of hydrogen-bond acceptors (Lipinski definition) is 4. The van der Waals surface area contributed by atoms with Crippen LogP contribution in [0, 0.1) is 6.92 Å². The van der Waals surface area contributed by atoms with Crippen LogP contribution in [-0.2, 0) is 13.2 Å². The highest BCUT2D eigenvalue weighted by Gasteiger charge is 2.06. The summed E-state index contributed by atoms with van der Waals surface area (Å²) in [7, 11) is 2.06. The van der Waals surface area contributed by atoms with Gasteiger partial charge in [-0.15, -0.1) is 11.3 Å². The summed E-state index contributed by atoms with van der Waals surface area (Å²) in [5.74, 6) is 0. The molecule has 0 aliphatic heterocycles. The SMILES string of the molecule is Cc1ncsc1CN(C)c1ccc(CO)cc1. The van der Waals surface area contributed by atoms with Crippen molar-refractivity contribution in [1.82, 2.24) is 4.98 Å². The van der Waals surface area contributed by atoms with Gasteiger partial charge in [-0.25, -0.2) is 4.98 Å². The maximum absolute atomic E-state index is 8.99. The van der Waals surface area contributed by atoms with Crippen molar-refractivity contribution in [3.63, 3.8) is 0 Å². The summed E-state index contributed by atoms with van der Waals surface area (Å²) in [6, 6.07) is 7.96. The average molecular weight is 248 g/mol. The summed E-state index contributed by atoms with van der Waals surface area (Å²) < 4.78 is 0. The van der Waals surface area contributed by atoms with Crippen LogP contribution in [0.5, 0.6) is 0 Å². The molecule has 0 spiro atoms. The van der Waals surface area contributed by atoms with Gasteiger partial charge in [-0.2, -0.15) is 0 Å². The van der Waals surface area contributed by atoms with Crippen molar-refractivity contribution in [3.05, 3.63) is 45.9 Å². The number of aliphatic hydroxyl groups excluding tert-OH is 1. The van der Waals surface area contributed by atoms with Gasteiger partial charge in [0.15, 0.2) is 0 Å². The Morgan fingerprint density at radius 3 is 2.53 bits per heavy atom. The smallest absolute Gasteiger partial charge is 0.0798 e. The van der Waals surface area contributed by atoms with E-state index < -0.39 is 0 Å². The summed E-state index contributed by atoms with van der Waals surface area (Å²) in [6.45, 7) is 3.00. The zero-order valence-electron chi connectivity index (χ0n) is 10.1. The number of nitrogens with zero attached hydrogens (tertiary/aromatic N) is 2. The van der Waals surface area contributed by atoms with Gasteiger partial charge in [0.25, 0.3) is 0 Å². The molecule has 1 aromatic heterocycles. The lowest BCUT2D eigenvalue weighted by Gasteiger charge is -2.18. The molecular weight excluding hydrogens is 232 g/mol. The number of hydrogen-bond donors (Lipinski definition) is 1. The first-order valence-electron chi connectivity index (χ1n) is 5.50. The molecule has 0 bridgehead atoms. The van der Waals surface area contributed by atoms with Crippen molar-refractivity contribution in [1.29, 1.82) is 0 Å². The van der Waals surface area contributed by atoms with Crippen LogP contribution in [0.25, 0.3) is 0 Å². The molecule has 2 aromatic rings. The number of anilines is 1. The quantitative estimate of drug-likeness (QED) is 0.903. The van der Waals surface area contributed by atoms with E-state index in [2.05, 4.69) is 16.9 Å². The largest absolute Gasteiger partial charge is 0.392 e. The minimum absolute atomic E-state index is 0.0952. The van der Waals surface area contributed by atoms with E-state index in [1.54, 1.807) is 11.3 Å². The monoisotopic (exact) mass is 248 g/mol. The molecule has 1 heterocycles. The van der Waals surface area contributed by atoms with E-state index in [4.69, 9.17) is 5.11 Å². The Balaban J connectivity index is 2.09. The van der Waals surface area contributed by atoms with Gasteiger partial charge in [-0.3, -0.25) is 0 Å². The lowest BCUT2D eigenvalue weighted by atomic mass is 10.2. The van der Waals surface area contributed by atoms with Crippen LogP contribution in [0.4, 0.5) is 5.69 Å². The van der Waals surface area contributed by atoms with Gasteiger partial charge in [-0.1, -0.05) is 12.1 Å². The first-order chi connectivity index (χ1) is 8.20. The fourth-order valence-corrected chi connectivity index (χ4v) is 2.47. The fraction of sp³-hybridized carbons (Fsp3) is 0.308. The molecule has 90 valence electrons. The molecule has 0 amide bonds. The Morgan fingerprint density at radius 1 is 1.29 bits per heavy atom. The third-order valence-electron chi connectivity index (χ3n) is 2.79. The molecule has 0 aliphatic carbocycles. The topological polar surface area (TPSA) is 36.4 Å². The normalized spacial score (nSPS) is 10.5. The fourth-order valence-electron chi connectivity index (χ4n) is 1.64. The van der Waals surface area contributed by atoms with Crippen molar-refractivity contribution < 1.29 is 5.11 Å². The van der Waals surface area contributed by atoms with Gasteiger partial charge in [0.05, 0.1) is 24.4 Å². The molecule has 0 saturated carbocycles. The first-order valence-corrected chi connectivity index (χ1v) is 6.38. The molecule has 0 unspecified atom stereocenters. The second-order valence-corrected chi connectivity index (χ2v) is 4.98. The van der Waals surface area contributed by atoms with Crippen molar-refractivity contribution in [2.45, 2.75) is 20.1 Å². The van der Waals surface area contributed by atoms with Crippen LogP contribution < -0.4 is 4.90 Å². The Bertz CT molecular complexity index is 478. The molecule has 1 N–H and O–H groups in total. The van der Waals surface area contributed by atoms with Gasteiger partial charge in [-0.05, 0) is 24.6 Å². The van der Waals surface area contributed by atoms with E-state index >= 15 is 0 Å². The first kappa shape index (κ1) is 12.1. The van der Waals surface area contributed by atoms with Crippen molar-refractivity contribution >= 4 is 17.0 Å². The molecular formula is C13H16N2OS. The molecule has 2 rings (SSSR count). The Kier molecular flexibility index (Phi) is 3.76. The van der Waals surface area contributed by atoms with E-state index in [0.29, 0.717) is 0 Å². The number of aromatic nitrogens is 1. The summed E-state index contributed by atoms with van der Waals surface area (Å²) in [6.07, 6.45) is 0. The van der Waals surface area contributed by atoms with Gasteiger partial charge < -0.3 is 10.0 Å². The van der Waals surface area contributed by atoms with E-state index in [1.165, 1.54) is 4.88 Å². The number of thiazole rings is 1. The minimum Gasteiger partial charge on any atom is -0.392 e. The highest BCUT2D eigenvalue weighted by molar-refractivity contribution is 7.09. The van der Waals surface area contributed by atoms with Gasteiger partial charge in [0.2, 0.25) is 0 Å². The van der Waals surface area contributed by atoms with Crippen LogP contribution in [0.2, 0.25) is 0 Å². The second kappa shape index (κ2) is 5.29. The van der Waals surface area contributed by atoms with Crippen molar-refractivity contribution in [2.75, 3.05) is 11.9 Å². The molecule has 3 nitrogen and oxygen atoms in total. The summed E-state index contributed by atoms with van der Waals surface area (Å²) in [4.78, 5) is 7.72. The average Bonchev–Trinajstić information content (AvgIpc) is 2.75. The maximum atomic E-state index is 8.99. The number of aliphatic hydroxyl groups is 1. The molecule has 0 saturated heterocycles. The minimum atomic E-state index is 0.0952. The van der Waals surface area contributed by atoms with Gasteiger partial charge in [0.1, 0.15) is 0 Å². The summed E-state index contributed by atoms with van der Waals surface area (Å²) >= 11 is 1.69. The van der Waals surface area contributed by atoms with Crippen LogP contribution in [0.3, 0.4) is 0 Å². The van der Waals surface area contributed by atoms with Crippen LogP contribution in [-0.4, -0.2) is 17.1 Å². The van der Waals surface area contributed by atoms with E-state index in [-0.39, 0.29) is 6.61 Å². The molecule has 0 atom stereocenters. The van der Waals surface area contributed by atoms with E-state index in [0.717, 1.165) is 23.5 Å². The molecule has 4 heteroatoms. The zero-order chi connectivity index (χ0) is 12.3. The van der Waals surface area contributed by atoms with E-state index in [9.17, 15) is 0 Å². The lowest BCUT2D eigenvalue weighted by molar-refractivity contribution is 0.282. The van der Waals surface area contributed by atoms with Gasteiger partial charge in [0, 0.05) is 17.6 Å². The third kappa shape index (κ3) is 2.84. The summed E-state index contributed by atoms with van der Waals surface area (Å²) in [5, 5.41) is 8.99. The molecule has 17 heavy (non-hydrogen) atoms. The molecule has 0 aliphatic rings. The summed E-state index contributed by atoms with van der Waals surface area (Å²) in [5.41, 5.74) is 5.08. The Hall–Kier alpha value is -1.39. The van der Waals surface area contributed by atoms with Crippen LogP contribution in [0.1, 0.15) is 16.1 Å². The predicted octanol–water partition coefficient (Wildman–Crippen LogP) is 2.58. The molecule has 0 radical (unpaired) electrons. The van der Waals surface area contributed by atoms with E-state index in [1.807, 2.05) is 36.7 Å². The highest BCUT2D eigenvalue weighted by Crippen LogP contribution is 2.20. The van der Waals surface area contributed by atoms with Crippen LogP contribution in [0.15, 0.2) is 29.8 Å². The predicted molar refractivity (Wildman–Crippen MR) is 71.3 cm³/mol. The Morgan fingerprint density at radius 2 is 2.00 bits per heavy atom. The van der Waals surface area contributed by atoms with Gasteiger partial charge >= 0.3 is 0 Å². The van der Waals surface area contributed by atoms with Crippen molar-refractivity contribution in [3.8, 4) is 0 Å². The second-order valence-electron chi connectivity index (χ2n) is 4.04. The number of aryl methyl sites for hydroxylation is 1. The standard InChI is InChI=1S/C13H16N2OS/c1-10-13(17-9-14-10)7-15(2)12-5-3-11(8-16)4-6-12/h3-6,9,16H,7-8H2,1-2H3. The maximum Gasteiger partial charge on any atom is 0.0798 e. The van der Waals surface area contributed by atoms with Crippen LogP contribution >= 0.6 is 11.3 Å². The Labute approximate surface area is 105 Å². The molecule has 1 aromatic carbocycles. The van der Waals surface area contributed by atoms with Crippen molar-refractivity contribution in [2.24, 2.45) is 0 Å². The zero-order valence-corrected chi connectivity index (χ0v) is 10.9. The third-order valence-corrected chi connectivity index (χ3v) is 3.71. The highest BCUT2D eigenvalue weighted by atomic mass is 32.1. The number of benzene rings is 1.